The Morgan fingerprint density at radius 3 is 2.20 bits per heavy atom. The third-order valence-electron chi connectivity index (χ3n) is 5.38. The zero-order valence-electron chi connectivity index (χ0n) is 17.4. The van der Waals surface area contributed by atoms with Gasteiger partial charge in [-0.15, -0.1) is 0 Å². The second-order valence-corrected chi connectivity index (χ2v) is 7.19. The van der Waals surface area contributed by atoms with Crippen molar-refractivity contribution in [3.05, 3.63) is 48.0 Å². The molecule has 158 valence electrons. The Hall–Kier alpha value is -3.13. The number of piperazine rings is 1. The van der Waals surface area contributed by atoms with E-state index in [2.05, 4.69) is 19.8 Å². The molecule has 0 unspecified atom stereocenters. The first-order valence-electron chi connectivity index (χ1n) is 9.78. The van der Waals surface area contributed by atoms with E-state index in [-0.39, 0.29) is 5.75 Å². The molecule has 7 nitrogen and oxygen atoms in total. The van der Waals surface area contributed by atoms with Crippen molar-refractivity contribution in [2.45, 2.75) is 6.54 Å². The van der Waals surface area contributed by atoms with Gasteiger partial charge in [-0.2, -0.15) is 0 Å². The van der Waals surface area contributed by atoms with E-state index in [0.29, 0.717) is 5.52 Å². The van der Waals surface area contributed by atoms with E-state index in [0.717, 1.165) is 61.0 Å². The standard InChI is InChI=1S/C22H25FN4O3/c1-28-16-8-15(9-17(10-16)29-2)13-26-4-6-27(7-5-26)22-18-11-21(30-3)19(23)12-20(18)24-14-25-22/h8-12,14H,4-7,13H2,1-3H3. The third kappa shape index (κ3) is 4.09. The van der Waals surface area contributed by atoms with Crippen LogP contribution in [0.3, 0.4) is 0 Å². The Morgan fingerprint density at radius 1 is 0.867 bits per heavy atom. The van der Waals surface area contributed by atoms with Gasteiger partial charge in [0.05, 0.1) is 26.8 Å². The third-order valence-corrected chi connectivity index (χ3v) is 5.38. The largest absolute Gasteiger partial charge is 0.497 e. The van der Waals surface area contributed by atoms with Crippen molar-refractivity contribution >= 4 is 16.7 Å². The molecule has 3 aromatic rings. The van der Waals surface area contributed by atoms with Crippen molar-refractivity contribution in [1.29, 1.82) is 0 Å². The number of hydrogen-bond donors (Lipinski definition) is 0. The summed E-state index contributed by atoms with van der Waals surface area (Å²) in [7, 11) is 4.77. The highest BCUT2D eigenvalue weighted by Gasteiger charge is 2.21. The second kappa shape index (κ2) is 8.71. The van der Waals surface area contributed by atoms with Crippen LogP contribution in [0.4, 0.5) is 10.2 Å². The highest BCUT2D eigenvalue weighted by atomic mass is 19.1. The van der Waals surface area contributed by atoms with Crippen molar-refractivity contribution < 1.29 is 18.6 Å². The molecule has 0 spiro atoms. The maximum Gasteiger partial charge on any atom is 0.167 e. The molecule has 0 atom stereocenters. The summed E-state index contributed by atoms with van der Waals surface area (Å²) in [5, 5.41) is 0.793. The number of ether oxygens (including phenoxy) is 3. The molecule has 1 fully saturated rings. The Labute approximate surface area is 175 Å². The molecule has 0 N–H and O–H groups in total. The van der Waals surface area contributed by atoms with Gasteiger partial charge in [0.15, 0.2) is 11.6 Å². The van der Waals surface area contributed by atoms with Crippen LogP contribution in [0.2, 0.25) is 0 Å². The average Bonchev–Trinajstić information content (AvgIpc) is 2.78. The minimum Gasteiger partial charge on any atom is -0.497 e. The summed E-state index contributed by atoms with van der Waals surface area (Å²) in [4.78, 5) is 13.3. The molecule has 1 aliphatic heterocycles. The molecule has 1 aromatic heterocycles. The van der Waals surface area contributed by atoms with Crippen LogP contribution in [0.1, 0.15) is 5.56 Å². The van der Waals surface area contributed by atoms with Gasteiger partial charge in [-0.3, -0.25) is 4.90 Å². The number of halogens is 1. The zero-order chi connectivity index (χ0) is 21.1. The molecular formula is C22H25FN4O3. The number of hydrogen-bond acceptors (Lipinski definition) is 7. The molecule has 0 aliphatic carbocycles. The lowest BCUT2D eigenvalue weighted by Crippen LogP contribution is -2.46. The van der Waals surface area contributed by atoms with Gasteiger partial charge in [0.1, 0.15) is 23.6 Å². The number of nitrogens with zero attached hydrogens (tertiary/aromatic N) is 4. The second-order valence-electron chi connectivity index (χ2n) is 7.19. The number of rotatable bonds is 6. The minimum atomic E-state index is -0.423. The van der Waals surface area contributed by atoms with E-state index in [4.69, 9.17) is 14.2 Å². The fraction of sp³-hybridized carbons (Fsp3) is 0.364. The lowest BCUT2D eigenvalue weighted by molar-refractivity contribution is 0.248. The van der Waals surface area contributed by atoms with Crippen LogP contribution in [0.15, 0.2) is 36.7 Å². The van der Waals surface area contributed by atoms with Gasteiger partial charge in [0.2, 0.25) is 0 Å². The molecule has 30 heavy (non-hydrogen) atoms. The first-order valence-corrected chi connectivity index (χ1v) is 9.78. The maximum absolute atomic E-state index is 14.0. The van der Waals surface area contributed by atoms with Gasteiger partial charge < -0.3 is 19.1 Å². The fourth-order valence-electron chi connectivity index (χ4n) is 3.79. The van der Waals surface area contributed by atoms with E-state index >= 15 is 0 Å². The highest BCUT2D eigenvalue weighted by molar-refractivity contribution is 5.90. The van der Waals surface area contributed by atoms with Crippen LogP contribution in [-0.2, 0) is 6.54 Å². The summed E-state index contributed by atoms with van der Waals surface area (Å²) in [5.41, 5.74) is 1.72. The van der Waals surface area contributed by atoms with Gasteiger partial charge in [0.25, 0.3) is 0 Å². The summed E-state index contributed by atoms with van der Waals surface area (Å²) in [6, 6.07) is 9.01. The lowest BCUT2D eigenvalue weighted by atomic mass is 10.1. The number of anilines is 1. The zero-order valence-corrected chi connectivity index (χ0v) is 17.4. The van der Waals surface area contributed by atoms with E-state index in [1.54, 1.807) is 20.3 Å². The number of benzene rings is 2. The summed E-state index contributed by atoms with van der Waals surface area (Å²) in [6.45, 7) is 4.19. The number of aromatic nitrogens is 2. The number of methoxy groups -OCH3 is 3. The minimum absolute atomic E-state index is 0.198. The molecule has 0 saturated carbocycles. The predicted octanol–water partition coefficient (Wildman–Crippen LogP) is 3.12. The topological polar surface area (TPSA) is 60.0 Å². The fourth-order valence-corrected chi connectivity index (χ4v) is 3.79. The molecule has 4 rings (SSSR count). The van der Waals surface area contributed by atoms with Gasteiger partial charge >= 0.3 is 0 Å². The van der Waals surface area contributed by atoms with Gasteiger partial charge in [-0.1, -0.05) is 0 Å². The van der Waals surface area contributed by atoms with Crippen LogP contribution in [0, 0.1) is 5.82 Å². The summed E-state index contributed by atoms with van der Waals surface area (Å²) in [6.07, 6.45) is 1.48. The molecule has 0 amide bonds. The van der Waals surface area contributed by atoms with E-state index in [9.17, 15) is 4.39 Å². The van der Waals surface area contributed by atoms with Crippen molar-refractivity contribution in [2.75, 3.05) is 52.4 Å². The average molecular weight is 412 g/mol. The molecule has 2 aromatic carbocycles. The van der Waals surface area contributed by atoms with Crippen molar-refractivity contribution in [2.24, 2.45) is 0 Å². The molecule has 2 heterocycles. The van der Waals surface area contributed by atoms with Crippen molar-refractivity contribution in [1.82, 2.24) is 14.9 Å². The highest BCUT2D eigenvalue weighted by Crippen LogP contribution is 2.30. The molecule has 0 bridgehead atoms. The molecular weight excluding hydrogens is 387 g/mol. The Morgan fingerprint density at radius 2 is 1.57 bits per heavy atom. The van der Waals surface area contributed by atoms with Crippen LogP contribution in [0.25, 0.3) is 10.9 Å². The summed E-state index contributed by atoms with van der Waals surface area (Å²) >= 11 is 0. The summed E-state index contributed by atoms with van der Waals surface area (Å²) < 4.78 is 29.9. The lowest BCUT2D eigenvalue weighted by Gasteiger charge is -2.35. The van der Waals surface area contributed by atoms with Crippen molar-refractivity contribution in [3.8, 4) is 17.2 Å². The van der Waals surface area contributed by atoms with Crippen LogP contribution < -0.4 is 19.1 Å². The SMILES string of the molecule is COc1cc(CN2CCN(c3ncnc4cc(F)c(OC)cc34)CC2)cc(OC)c1. The predicted molar refractivity (Wildman–Crippen MR) is 113 cm³/mol. The quantitative estimate of drug-likeness (QED) is 0.617. The summed E-state index contributed by atoms with van der Waals surface area (Å²) in [5.74, 6) is 2.16. The first kappa shape index (κ1) is 20.2. The number of fused-ring (bicyclic) bond motifs is 1. The normalized spacial score (nSPS) is 14.7. The smallest absolute Gasteiger partial charge is 0.167 e. The Balaban J connectivity index is 1.49. The first-order chi connectivity index (χ1) is 14.6. The van der Waals surface area contributed by atoms with E-state index < -0.39 is 5.82 Å². The van der Waals surface area contributed by atoms with Gasteiger partial charge in [-0.25, -0.2) is 14.4 Å². The van der Waals surface area contributed by atoms with E-state index in [1.807, 2.05) is 18.2 Å². The Kier molecular flexibility index (Phi) is 5.85. The van der Waals surface area contributed by atoms with Gasteiger partial charge in [0, 0.05) is 50.2 Å². The monoisotopic (exact) mass is 412 g/mol. The van der Waals surface area contributed by atoms with Crippen molar-refractivity contribution in [3.63, 3.8) is 0 Å². The maximum atomic E-state index is 14.0. The molecule has 1 saturated heterocycles. The molecule has 1 aliphatic rings. The van der Waals surface area contributed by atoms with Crippen LogP contribution in [-0.4, -0.2) is 62.4 Å². The Bertz CT molecular complexity index is 1020. The molecule has 8 heteroatoms. The van der Waals surface area contributed by atoms with E-state index in [1.165, 1.54) is 19.5 Å². The van der Waals surface area contributed by atoms with Crippen LogP contribution in [0.5, 0.6) is 17.2 Å². The molecule has 0 radical (unpaired) electrons. The van der Waals surface area contributed by atoms with Crippen LogP contribution >= 0.6 is 0 Å². The van der Waals surface area contributed by atoms with Gasteiger partial charge in [-0.05, 0) is 23.8 Å².